The van der Waals surface area contributed by atoms with Crippen molar-refractivity contribution in [2.75, 3.05) is 36.4 Å². The maximum atomic E-state index is 13.1. The Hall–Kier alpha value is -3.75. The van der Waals surface area contributed by atoms with Gasteiger partial charge in [-0.2, -0.15) is 4.98 Å². The summed E-state index contributed by atoms with van der Waals surface area (Å²) in [7, 11) is 0. The number of amides is 2. The van der Waals surface area contributed by atoms with Crippen LogP contribution in [-0.2, 0) is 17.9 Å². The fraction of sp³-hybridized carbons (Fsp3) is 0.423. The number of piperazine rings is 1. The number of fused-ring (bicyclic) bond motifs is 2. The Morgan fingerprint density at radius 3 is 2.54 bits per heavy atom. The summed E-state index contributed by atoms with van der Waals surface area (Å²) in [5.74, 6) is 1.24. The number of aromatic nitrogens is 3. The summed E-state index contributed by atoms with van der Waals surface area (Å²) in [5.41, 5.74) is 4.39. The van der Waals surface area contributed by atoms with Crippen molar-refractivity contribution in [3.63, 3.8) is 0 Å². The van der Waals surface area contributed by atoms with Crippen LogP contribution in [0.25, 0.3) is 10.9 Å². The number of pyridine rings is 1. The van der Waals surface area contributed by atoms with Gasteiger partial charge in [0.2, 0.25) is 11.9 Å². The second kappa shape index (κ2) is 9.13. The molecule has 0 saturated carbocycles. The number of nitrogens with zero attached hydrogens (tertiary/aromatic N) is 6. The molecule has 2 aromatic heterocycles. The van der Waals surface area contributed by atoms with E-state index in [2.05, 4.69) is 33.4 Å². The summed E-state index contributed by atoms with van der Waals surface area (Å²) < 4.78 is 0. The fourth-order valence-electron chi connectivity index (χ4n) is 4.68. The molecule has 9 heteroatoms. The maximum Gasteiger partial charge on any atom is 0.273 e. The Morgan fingerprint density at radius 2 is 1.83 bits per heavy atom. The molecule has 0 atom stereocenters. The molecule has 0 spiro atoms. The highest BCUT2D eigenvalue weighted by Crippen LogP contribution is 2.31. The molecular formula is C26H31N7O2. The maximum absolute atomic E-state index is 13.1. The summed E-state index contributed by atoms with van der Waals surface area (Å²) in [5, 5.41) is 4.57. The summed E-state index contributed by atoms with van der Waals surface area (Å²) in [6, 6.07) is 10.4. The predicted octanol–water partition coefficient (Wildman–Crippen LogP) is 2.98. The Morgan fingerprint density at radius 1 is 1.06 bits per heavy atom. The molecule has 4 heterocycles. The van der Waals surface area contributed by atoms with Crippen molar-refractivity contribution in [1.29, 1.82) is 0 Å². The number of aryl methyl sites for hydroxylation is 1. The molecule has 1 saturated heterocycles. The molecule has 35 heavy (non-hydrogen) atoms. The molecule has 2 aliphatic heterocycles. The van der Waals surface area contributed by atoms with Gasteiger partial charge in [0.1, 0.15) is 11.5 Å². The van der Waals surface area contributed by atoms with E-state index in [9.17, 15) is 9.59 Å². The lowest BCUT2D eigenvalue weighted by Gasteiger charge is -2.34. The fourth-order valence-corrected chi connectivity index (χ4v) is 4.68. The van der Waals surface area contributed by atoms with Crippen molar-refractivity contribution in [1.82, 2.24) is 24.8 Å². The molecule has 0 aliphatic carbocycles. The molecular weight excluding hydrogens is 442 g/mol. The van der Waals surface area contributed by atoms with E-state index in [0.717, 1.165) is 27.7 Å². The molecule has 2 aliphatic rings. The highest BCUT2D eigenvalue weighted by Gasteiger charge is 2.35. The number of rotatable bonds is 5. The van der Waals surface area contributed by atoms with E-state index in [1.165, 1.54) is 0 Å². The standard InChI is InChI=1S/C26H31N7O2/c1-16(2)33-15-21-23(25(33)35)29-26(32-11-9-31(10-12-32)18(4)34)30-24(21)27-14-19-6-8-22-20(13-19)7-5-17(3)28-22/h5-8,13,16H,9-12,14-15H2,1-4H3,(H,27,29,30). The number of benzene rings is 1. The van der Waals surface area contributed by atoms with E-state index in [0.29, 0.717) is 56.7 Å². The summed E-state index contributed by atoms with van der Waals surface area (Å²) in [6.45, 7) is 11.2. The number of hydrogen-bond donors (Lipinski definition) is 1. The van der Waals surface area contributed by atoms with Gasteiger partial charge in [-0.3, -0.25) is 14.6 Å². The lowest BCUT2D eigenvalue weighted by atomic mass is 10.1. The third kappa shape index (κ3) is 4.50. The third-order valence-electron chi connectivity index (χ3n) is 6.77. The van der Waals surface area contributed by atoms with Crippen LogP contribution in [0, 0.1) is 6.92 Å². The van der Waals surface area contributed by atoms with Gasteiger partial charge < -0.3 is 20.0 Å². The number of anilines is 2. The highest BCUT2D eigenvalue weighted by molar-refractivity contribution is 5.98. The van der Waals surface area contributed by atoms with E-state index in [-0.39, 0.29) is 17.9 Å². The van der Waals surface area contributed by atoms with Gasteiger partial charge in [-0.15, -0.1) is 0 Å². The molecule has 3 aromatic rings. The smallest absolute Gasteiger partial charge is 0.273 e. The third-order valence-corrected chi connectivity index (χ3v) is 6.77. The van der Waals surface area contributed by atoms with Crippen LogP contribution in [0.5, 0.6) is 0 Å². The van der Waals surface area contributed by atoms with E-state index in [1.54, 1.807) is 6.92 Å². The van der Waals surface area contributed by atoms with Crippen LogP contribution in [0.4, 0.5) is 11.8 Å². The van der Waals surface area contributed by atoms with Crippen LogP contribution < -0.4 is 10.2 Å². The first-order valence-electron chi connectivity index (χ1n) is 12.1. The van der Waals surface area contributed by atoms with E-state index < -0.39 is 0 Å². The molecule has 1 fully saturated rings. The first kappa shape index (κ1) is 23.0. The Labute approximate surface area is 205 Å². The van der Waals surface area contributed by atoms with Gasteiger partial charge in [0, 0.05) is 62.3 Å². The normalized spacial score (nSPS) is 15.8. The first-order chi connectivity index (χ1) is 16.8. The van der Waals surface area contributed by atoms with E-state index >= 15 is 0 Å². The summed E-state index contributed by atoms with van der Waals surface area (Å²) in [4.78, 5) is 44.7. The van der Waals surface area contributed by atoms with Gasteiger partial charge in [0.15, 0.2) is 0 Å². The Bertz CT molecular complexity index is 1300. The van der Waals surface area contributed by atoms with Crippen molar-refractivity contribution >= 4 is 34.5 Å². The average molecular weight is 474 g/mol. The zero-order valence-corrected chi connectivity index (χ0v) is 20.7. The van der Waals surface area contributed by atoms with Gasteiger partial charge in [-0.05, 0) is 44.5 Å². The van der Waals surface area contributed by atoms with Crippen LogP contribution in [0.2, 0.25) is 0 Å². The van der Waals surface area contributed by atoms with Crippen LogP contribution in [0.15, 0.2) is 30.3 Å². The highest BCUT2D eigenvalue weighted by atomic mass is 16.2. The minimum Gasteiger partial charge on any atom is -0.366 e. The number of carbonyl (C=O) groups excluding carboxylic acids is 2. The Kier molecular flexibility index (Phi) is 6.00. The minimum atomic E-state index is -0.0591. The lowest BCUT2D eigenvalue weighted by Crippen LogP contribution is -2.48. The second-order valence-corrected chi connectivity index (χ2v) is 9.55. The molecule has 5 rings (SSSR count). The number of hydrogen-bond acceptors (Lipinski definition) is 7. The predicted molar refractivity (Wildman–Crippen MR) is 135 cm³/mol. The zero-order valence-electron chi connectivity index (χ0n) is 20.7. The van der Waals surface area contributed by atoms with Crippen molar-refractivity contribution in [2.45, 2.75) is 46.8 Å². The van der Waals surface area contributed by atoms with Gasteiger partial charge in [0.25, 0.3) is 5.91 Å². The van der Waals surface area contributed by atoms with Crippen molar-refractivity contribution in [3.05, 3.63) is 52.8 Å². The topological polar surface area (TPSA) is 94.6 Å². The van der Waals surface area contributed by atoms with Gasteiger partial charge in [-0.25, -0.2) is 4.98 Å². The molecule has 9 nitrogen and oxygen atoms in total. The van der Waals surface area contributed by atoms with Crippen molar-refractivity contribution in [2.24, 2.45) is 0 Å². The van der Waals surface area contributed by atoms with Crippen LogP contribution in [-0.4, -0.2) is 68.8 Å². The number of carbonyl (C=O) groups is 2. The van der Waals surface area contributed by atoms with Gasteiger partial charge >= 0.3 is 0 Å². The van der Waals surface area contributed by atoms with Crippen molar-refractivity contribution in [3.8, 4) is 0 Å². The van der Waals surface area contributed by atoms with Crippen LogP contribution in [0.3, 0.4) is 0 Å². The van der Waals surface area contributed by atoms with Crippen LogP contribution in [0.1, 0.15) is 48.1 Å². The zero-order chi connectivity index (χ0) is 24.7. The van der Waals surface area contributed by atoms with Crippen LogP contribution >= 0.6 is 0 Å². The molecule has 1 aromatic carbocycles. The first-order valence-corrected chi connectivity index (χ1v) is 12.1. The van der Waals surface area contributed by atoms with E-state index in [1.807, 2.05) is 42.7 Å². The minimum absolute atomic E-state index is 0.0591. The molecule has 1 N–H and O–H groups in total. The molecule has 182 valence electrons. The second-order valence-electron chi connectivity index (χ2n) is 9.55. The summed E-state index contributed by atoms with van der Waals surface area (Å²) in [6.07, 6.45) is 0. The molecule has 0 radical (unpaired) electrons. The van der Waals surface area contributed by atoms with Gasteiger partial charge in [-0.1, -0.05) is 12.1 Å². The van der Waals surface area contributed by atoms with E-state index in [4.69, 9.17) is 9.97 Å². The molecule has 0 bridgehead atoms. The lowest BCUT2D eigenvalue weighted by molar-refractivity contribution is -0.129. The molecule has 2 amide bonds. The number of nitrogens with one attached hydrogen (secondary N) is 1. The molecule has 0 unspecified atom stereocenters. The van der Waals surface area contributed by atoms with Crippen molar-refractivity contribution < 1.29 is 9.59 Å². The monoisotopic (exact) mass is 473 g/mol. The van der Waals surface area contributed by atoms with Gasteiger partial charge in [0.05, 0.1) is 12.1 Å². The Balaban J connectivity index is 1.43. The SMILES string of the molecule is CC(=O)N1CCN(c2nc(NCc3ccc4nc(C)ccc4c3)c3c(n2)C(=O)N(C(C)C)C3)CC1. The largest absolute Gasteiger partial charge is 0.366 e. The quantitative estimate of drug-likeness (QED) is 0.609. The average Bonchev–Trinajstić information content (AvgIpc) is 3.19. The summed E-state index contributed by atoms with van der Waals surface area (Å²) >= 11 is 0.